The van der Waals surface area contributed by atoms with Crippen LogP contribution >= 0.6 is 0 Å². The molecule has 18 heavy (non-hydrogen) atoms. The smallest absolute Gasteiger partial charge is 0.0954 e. The Hall–Kier alpha value is -1.68. The average molecular weight is 242 g/mol. The molecule has 0 saturated heterocycles. The predicted octanol–water partition coefficient (Wildman–Crippen LogP) is 2.09. The van der Waals surface area contributed by atoms with E-state index in [1.165, 1.54) is 17.0 Å². The Morgan fingerprint density at radius 3 is 2.83 bits per heavy atom. The normalized spacial score (nSPS) is 18.9. The number of imidazole rings is 1. The lowest BCUT2D eigenvalue weighted by Gasteiger charge is -2.25. The summed E-state index contributed by atoms with van der Waals surface area (Å²) in [6.45, 7) is 5.40. The number of aromatic nitrogens is 3. The van der Waals surface area contributed by atoms with Crippen molar-refractivity contribution in [1.82, 2.24) is 19.9 Å². The summed E-state index contributed by atoms with van der Waals surface area (Å²) in [5, 5.41) is 3.54. The quantitative estimate of drug-likeness (QED) is 0.877. The lowest BCUT2D eigenvalue weighted by atomic mass is 9.98. The van der Waals surface area contributed by atoms with Crippen LogP contribution in [0.25, 0.3) is 0 Å². The van der Waals surface area contributed by atoms with Crippen molar-refractivity contribution in [3.05, 3.63) is 47.8 Å². The molecule has 4 nitrogen and oxygen atoms in total. The Balaban J connectivity index is 2.03. The SMILES string of the molecule is CC(C)n1cnc2c1CCNC2c1ccncc1. The number of nitrogens with one attached hydrogen (secondary N) is 1. The first-order valence-corrected chi connectivity index (χ1v) is 6.46. The third-order valence-corrected chi connectivity index (χ3v) is 3.51. The molecule has 0 aliphatic carbocycles. The van der Waals surface area contributed by atoms with E-state index in [0.29, 0.717) is 6.04 Å². The van der Waals surface area contributed by atoms with Crippen LogP contribution in [0.15, 0.2) is 30.9 Å². The van der Waals surface area contributed by atoms with E-state index in [1.807, 2.05) is 18.7 Å². The van der Waals surface area contributed by atoms with Crippen LogP contribution in [0.2, 0.25) is 0 Å². The Kier molecular flexibility index (Phi) is 2.88. The molecule has 0 amide bonds. The summed E-state index contributed by atoms with van der Waals surface area (Å²) < 4.78 is 2.28. The van der Waals surface area contributed by atoms with Gasteiger partial charge >= 0.3 is 0 Å². The average Bonchev–Trinajstić information content (AvgIpc) is 2.83. The van der Waals surface area contributed by atoms with Gasteiger partial charge in [0.05, 0.1) is 18.1 Å². The fourth-order valence-electron chi connectivity index (χ4n) is 2.61. The van der Waals surface area contributed by atoms with E-state index in [-0.39, 0.29) is 6.04 Å². The largest absolute Gasteiger partial charge is 0.332 e. The maximum atomic E-state index is 4.62. The molecule has 3 rings (SSSR count). The van der Waals surface area contributed by atoms with Crippen molar-refractivity contribution in [2.24, 2.45) is 0 Å². The molecule has 94 valence electrons. The standard InChI is InChI=1S/C14H18N4/c1-10(2)18-9-17-14-12(18)5-8-16-13(14)11-3-6-15-7-4-11/h3-4,6-7,9-10,13,16H,5,8H2,1-2H3. The number of rotatable bonds is 2. The zero-order valence-corrected chi connectivity index (χ0v) is 10.8. The second-order valence-electron chi connectivity index (χ2n) is 5.00. The molecule has 0 bridgehead atoms. The van der Waals surface area contributed by atoms with Gasteiger partial charge in [-0.2, -0.15) is 0 Å². The van der Waals surface area contributed by atoms with Crippen LogP contribution in [0.3, 0.4) is 0 Å². The topological polar surface area (TPSA) is 42.7 Å². The van der Waals surface area contributed by atoms with Crippen molar-refractivity contribution in [1.29, 1.82) is 0 Å². The molecule has 0 spiro atoms. The van der Waals surface area contributed by atoms with Crippen molar-refractivity contribution < 1.29 is 0 Å². The molecule has 1 atom stereocenters. The van der Waals surface area contributed by atoms with Gasteiger partial charge in [0, 0.05) is 37.1 Å². The molecule has 1 unspecified atom stereocenters. The highest BCUT2D eigenvalue weighted by molar-refractivity contribution is 5.31. The number of fused-ring (bicyclic) bond motifs is 1. The molecule has 0 radical (unpaired) electrons. The van der Waals surface area contributed by atoms with Crippen molar-refractivity contribution in [3.63, 3.8) is 0 Å². The first-order chi connectivity index (χ1) is 8.77. The van der Waals surface area contributed by atoms with E-state index >= 15 is 0 Å². The van der Waals surface area contributed by atoms with Crippen LogP contribution in [0, 0.1) is 0 Å². The zero-order chi connectivity index (χ0) is 12.5. The van der Waals surface area contributed by atoms with Crippen LogP contribution in [0.1, 0.15) is 42.9 Å². The summed E-state index contributed by atoms with van der Waals surface area (Å²) >= 11 is 0. The molecule has 0 aromatic carbocycles. The number of pyridine rings is 1. The zero-order valence-electron chi connectivity index (χ0n) is 10.8. The summed E-state index contributed by atoms with van der Waals surface area (Å²) in [6.07, 6.45) is 6.70. The molecule has 3 heterocycles. The highest BCUT2D eigenvalue weighted by atomic mass is 15.1. The molecule has 0 saturated carbocycles. The third kappa shape index (κ3) is 1.82. The molecule has 1 aliphatic rings. The Morgan fingerprint density at radius 2 is 2.11 bits per heavy atom. The summed E-state index contributed by atoms with van der Waals surface area (Å²) in [4.78, 5) is 8.69. The van der Waals surface area contributed by atoms with Crippen LogP contribution < -0.4 is 5.32 Å². The molecule has 1 N–H and O–H groups in total. The van der Waals surface area contributed by atoms with Crippen LogP contribution in [-0.4, -0.2) is 21.1 Å². The molecule has 4 heteroatoms. The Labute approximate surface area is 107 Å². The van der Waals surface area contributed by atoms with E-state index in [0.717, 1.165) is 13.0 Å². The molecule has 1 aliphatic heterocycles. The molecule has 2 aromatic heterocycles. The van der Waals surface area contributed by atoms with Gasteiger partial charge in [-0.25, -0.2) is 4.98 Å². The van der Waals surface area contributed by atoms with Crippen molar-refractivity contribution in [3.8, 4) is 0 Å². The molecular formula is C14H18N4. The first-order valence-electron chi connectivity index (χ1n) is 6.46. The van der Waals surface area contributed by atoms with Gasteiger partial charge in [0.2, 0.25) is 0 Å². The van der Waals surface area contributed by atoms with Crippen LogP contribution in [0.4, 0.5) is 0 Å². The van der Waals surface area contributed by atoms with Crippen molar-refractivity contribution >= 4 is 0 Å². The van der Waals surface area contributed by atoms with Gasteiger partial charge in [0.1, 0.15) is 0 Å². The summed E-state index contributed by atoms with van der Waals surface area (Å²) in [6, 6.07) is 4.79. The predicted molar refractivity (Wildman–Crippen MR) is 70.4 cm³/mol. The lowest BCUT2D eigenvalue weighted by molar-refractivity contribution is 0.512. The van der Waals surface area contributed by atoms with E-state index in [2.05, 4.69) is 45.8 Å². The first kappa shape index (κ1) is 11.4. The van der Waals surface area contributed by atoms with E-state index in [1.54, 1.807) is 0 Å². The van der Waals surface area contributed by atoms with E-state index < -0.39 is 0 Å². The van der Waals surface area contributed by atoms with Gasteiger partial charge < -0.3 is 9.88 Å². The number of hydrogen-bond donors (Lipinski definition) is 1. The van der Waals surface area contributed by atoms with E-state index in [4.69, 9.17) is 0 Å². The van der Waals surface area contributed by atoms with Gasteiger partial charge in [-0.05, 0) is 31.5 Å². The van der Waals surface area contributed by atoms with Crippen LogP contribution in [-0.2, 0) is 6.42 Å². The highest BCUT2D eigenvalue weighted by Gasteiger charge is 2.26. The van der Waals surface area contributed by atoms with Gasteiger partial charge in [0.15, 0.2) is 0 Å². The fourth-order valence-corrected chi connectivity index (χ4v) is 2.61. The lowest BCUT2D eigenvalue weighted by Crippen LogP contribution is -2.31. The third-order valence-electron chi connectivity index (χ3n) is 3.51. The van der Waals surface area contributed by atoms with Crippen molar-refractivity contribution in [2.45, 2.75) is 32.4 Å². The van der Waals surface area contributed by atoms with Gasteiger partial charge in [-0.1, -0.05) is 0 Å². The molecule has 0 fully saturated rings. The Bertz CT molecular complexity index is 530. The summed E-state index contributed by atoms with van der Waals surface area (Å²) in [7, 11) is 0. The number of nitrogens with zero attached hydrogens (tertiary/aromatic N) is 3. The minimum Gasteiger partial charge on any atom is -0.332 e. The minimum absolute atomic E-state index is 0.205. The number of hydrogen-bond acceptors (Lipinski definition) is 3. The maximum absolute atomic E-state index is 4.62. The second kappa shape index (κ2) is 4.53. The van der Waals surface area contributed by atoms with Gasteiger partial charge in [-0.3, -0.25) is 4.98 Å². The van der Waals surface area contributed by atoms with Crippen molar-refractivity contribution in [2.75, 3.05) is 6.54 Å². The van der Waals surface area contributed by atoms with Crippen LogP contribution in [0.5, 0.6) is 0 Å². The monoisotopic (exact) mass is 242 g/mol. The van der Waals surface area contributed by atoms with Gasteiger partial charge in [0.25, 0.3) is 0 Å². The van der Waals surface area contributed by atoms with E-state index in [9.17, 15) is 0 Å². The highest BCUT2D eigenvalue weighted by Crippen LogP contribution is 2.28. The summed E-state index contributed by atoms with van der Waals surface area (Å²) in [5.41, 5.74) is 3.77. The molecule has 2 aromatic rings. The minimum atomic E-state index is 0.205. The molecular weight excluding hydrogens is 224 g/mol. The second-order valence-corrected chi connectivity index (χ2v) is 5.00. The van der Waals surface area contributed by atoms with Gasteiger partial charge in [-0.15, -0.1) is 0 Å². The fraction of sp³-hybridized carbons (Fsp3) is 0.429. The Morgan fingerprint density at radius 1 is 1.33 bits per heavy atom. The summed E-state index contributed by atoms with van der Waals surface area (Å²) in [5.74, 6) is 0. The maximum Gasteiger partial charge on any atom is 0.0954 e.